The van der Waals surface area contributed by atoms with E-state index in [2.05, 4.69) is 4.98 Å². The molecule has 4 heterocycles. The van der Waals surface area contributed by atoms with E-state index in [1.165, 1.54) is 11.0 Å². The number of aromatic nitrogens is 1. The van der Waals surface area contributed by atoms with Crippen molar-refractivity contribution in [1.82, 2.24) is 9.88 Å². The maximum atomic E-state index is 15.3. The molecule has 3 aliphatic heterocycles. The molecule has 2 aromatic carbocycles. The Bertz CT molecular complexity index is 1570. The van der Waals surface area contributed by atoms with Gasteiger partial charge in [-0.25, -0.2) is 13.8 Å². The van der Waals surface area contributed by atoms with Gasteiger partial charge in [-0.15, -0.1) is 0 Å². The van der Waals surface area contributed by atoms with Crippen LogP contribution in [0.1, 0.15) is 42.7 Å². The molecule has 8 nitrogen and oxygen atoms in total. The van der Waals surface area contributed by atoms with Gasteiger partial charge in [0.1, 0.15) is 30.1 Å². The Hall–Kier alpha value is -3.97. The molecular weight excluding hydrogens is 625 g/mol. The van der Waals surface area contributed by atoms with Crippen LogP contribution in [0, 0.1) is 17.6 Å². The van der Waals surface area contributed by atoms with Gasteiger partial charge in [-0.05, 0) is 80.1 Å². The fourth-order valence-corrected chi connectivity index (χ4v) is 6.38. The molecule has 0 aliphatic carbocycles. The number of piperidine rings is 2. The normalized spacial score (nSPS) is 18.6. The first-order chi connectivity index (χ1) is 22.5. The van der Waals surface area contributed by atoms with Gasteiger partial charge in [0.25, 0.3) is 0 Å². The van der Waals surface area contributed by atoms with Crippen LogP contribution in [0.25, 0.3) is 11.1 Å². The summed E-state index contributed by atoms with van der Waals surface area (Å²) in [7, 11) is 0. The second-order valence-electron chi connectivity index (χ2n) is 12.4. The highest BCUT2D eigenvalue weighted by Crippen LogP contribution is 2.38. The molecule has 0 unspecified atom stereocenters. The average Bonchev–Trinajstić information content (AvgIpc) is 3.02. The summed E-state index contributed by atoms with van der Waals surface area (Å²) in [5.41, 5.74) is 2.25. The van der Waals surface area contributed by atoms with Gasteiger partial charge in [-0.3, -0.25) is 9.69 Å². The number of hydrogen-bond acceptors (Lipinski definition) is 7. The number of benzene rings is 2. The Kier molecular flexibility index (Phi) is 9.83. The standard InChI is InChI=1S/C34H36F5N3O5/c35-26-15-28(24-3-8-40-31(14-24)42-11-6-22(7-12-42)33(43)44)32(29(36)16-26)46-17-25-2-1-23(13-30(25)47-27-18-45-19-27)21-4-9-41(10-5-21)20-34(37,38)39/h1-3,8,13-16,21-22,27H,4-7,9-12,17-20H2,(H,43,44). The van der Waals surface area contributed by atoms with E-state index in [1.807, 2.05) is 23.1 Å². The van der Waals surface area contributed by atoms with Crippen molar-refractivity contribution < 1.29 is 46.1 Å². The Balaban J connectivity index is 1.20. The number of carboxylic acid groups (broad SMARTS) is 1. The molecule has 3 saturated heterocycles. The van der Waals surface area contributed by atoms with Crippen molar-refractivity contribution in [2.75, 3.05) is 50.8 Å². The van der Waals surface area contributed by atoms with E-state index in [1.54, 1.807) is 18.3 Å². The molecule has 0 radical (unpaired) electrons. The fraction of sp³-hybridized carbons (Fsp3) is 0.471. The number of rotatable bonds is 10. The smallest absolute Gasteiger partial charge is 0.401 e. The zero-order chi connectivity index (χ0) is 33.1. The van der Waals surface area contributed by atoms with Crippen molar-refractivity contribution in [2.24, 2.45) is 5.92 Å². The minimum absolute atomic E-state index is 0.0615. The van der Waals surface area contributed by atoms with Gasteiger partial charge in [-0.1, -0.05) is 12.1 Å². The number of ether oxygens (including phenoxy) is 3. The van der Waals surface area contributed by atoms with Crippen LogP contribution < -0.4 is 14.4 Å². The summed E-state index contributed by atoms with van der Waals surface area (Å²) in [6, 6.07) is 10.9. The van der Waals surface area contributed by atoms with Gasteiger partial charge in [-0.2, -0.15) is 13.2 Å². The molecule has 0 bridgehead atoms. The third kappa shape index (κ3) is 8.13. The first kappa shape index (κ1) is 33.0. The number of halogens is 5. The second-order valence-corrected chi connectivity index (χ2v) is 12.4. The minimum atomic E-state index is -4.23. The summed E-state index contributed by atoms with van der Waals surface area (Å²) in [4.78, 5) is 19.2. The van der Waals surface area contributed by atoms with E-state index < -0.39 is 36.2 Å². The lowest BCUT2D eigenvalue weighted by molar-refractivity contribution is -0.148. The van der Waals surface area contributed by atoms with Gasteiger partial charge in [0, 0.05) is 36.5 Å². The summed E-state index contributed by atoms with van der Waals surface area (Å²) in [6.45, 7) is 1.48. The first-order valence-electron chi connectivity index (χ1n) is 15.7. The molecular formula is C34H36F5N3O5. The zero-order valence-electron chi connectivity index (χ0n) is 25.6. The number of aliphatic carboxylic acids is 1. The van der Waals surface area contributed by atoms with E-state index >= 15 is 4.39 Å². The molecule has 252 valence electrons. The van der Waals surface area contributed by atoms with Crippen molar-refractivity contribution in [2.45, 2.75) is 50.5 Å². The molecule has 1 aromatic heterocycles. The van der Waals surface area contributed by atoms with Crippen LogP contribution in [-0.2, 0) is 16.1 Å². The lowest BCUT2D eigenvalue weighted by Crippen LogP contribution is -2.39. The largest absolute Gasteiger partial charge is 0.485 e. The lowest BCUT2D eigenvalue weighted by Gasteiger charge is -2.33. The lowest BCUT2D eigenvalue weighted by atomic mass is 9.88. The third-order valence-electron chi connectivity index (χ3n) is 9.06. The van der Waals surface area contributed by atoms with Gasteiger partial charge >= 0.3 is 12.1 Å². The van der Waals surface area contributed by atoms with Crippen molar-refractivity contribution in [3.8, 4) is 22.6 Å². The van der Waals surface area contributed by atoms with Gasteiger partial charge < -0.3 is 24.2 Å². The van der Waals surface area contributed by atoms with Crippen molar-refractivity contribution in [1.29, 1.82) is 0 Å². The number of alkyl halides is 3. The van der Waals surface area contributed by atoms with E-state index in [9.17, 15) is 27.5 Å². The Morgan fingerprint density at radius 3 is 2.38 bits per heavy atom. The van der Waals surface area contributed by atoms with Crippen molar-refractivity contribution in [3.05, 3.63) is 71.4 Å². The van der Waals surface area contributed by atoms with E-state index in [0.717, 1.165) is 11.6 Å². The number of pyridine rings is 1. The Morgan fingerprint density at radius 2 is 1.72 bits per heavy atom. The van der Waals surface area contributed by atoms with Crippen molar-refractivity contribution >= 4 is 11.8 Å². The predicted molar refractivity (Wildman–Crippen MR) is 163 cm³/mol. The highest BCUT2D eigenvalue weighted by Gasteiger charge is 2.33. The van der Waals surface area contributed by atoms with Gasteiger partial charge in [0.05, 0.1) is 25.7 Å². The SMILES string of the molecule is O=C(O)C1CCN(c2cc(-c3cc(F)cc(F)c3OCc3ccc(C4CCN(CC(F)(F)F)CC4)cc3OC3COC3)ccn2)CC1. The number of likely N-dealkylation sites (tertiary alicyclic amines) is 1. The molecule has 1 N–H and O–H groups in total. The molecule has 3 aliphatic rings. The van der Waals surface area contributed by atoms with Crippen LogP contribution in [0.3, 0.4) is 0 Å². The maximum absolute atomic E-state index is 15.3. The highest BCUT2D eigenvalue weighted by atomic mass is 19.4. The summed E-state index contributed by atoms with van der Waals surface area (Å²) in [6.07, 6.45) is -0.771. The van der Waals surface area contributed by atoms with E-state index in [4.69, 9.17) is 14.2 Å². The van der Waals surface area contributed by atoms with Crippen LogP contribution >= 0.6 is 0 Å². The predicted octanol–water partition coefficient (Wildman–Crippen LogP) is 6.43. The van der Waals surface area contributed by atoms with Gasteiger partial charge in [0.2, 0.25) is 0 Å². The van der Waals surface area contributed by atoms with Crippen molar-refractivity contribution in [3.63, 3.8) is 0 Å². The number of carboxylic acids is 1. The molecule has 6 rings (SSSR count). The van der Waals surface area contributed by atoms with Gasteiger partial charge in [0.15, 0.2) is 11.6 Å². The van der Waals surface area contributed by atoms with E-state index in [0.29, 0.717) is 87.8 Å². The molecule has 47 heavy (non-hydrogen) atoms. The molecule has 13 heteroatoms. The molecule has 0 amide bonds. The molecule has 0 atom stereocenters. The minimum Gasteiger partial charge on any atom is -0.485 e. The average molecular weight is 662 g/mol. The number of hydrogen-bond donors (Lipinski definition) is 1. The van der Waals surface area contributed by atoms with E-state index in [-0.39, 0.29) is 29.9 Å². The number of carbonyl (C=O) groups is 1. The quantitative estimate of drug-likeness (QED) is 0.249. The molecule has 3 aromatic rings. The first-order valence-corrected chi connectivity index (χ1v) is 15.7. The van der Waals surface area contributed by atoms with Crippen LogP contribution in [0.2, 0.25) is 0 Å². The molecule has 0 saturated carbocycles. The Labute approximate surface area is 269 Å². The topological polar surface area (TPSA) is 84.4 Å². The van der Waals surface area contributed by atoms with Crippen LogP contribution in [0.15, 0.2) is 48.7 Å². The summed E-state index contributed by atoms with van der Waals surface area (Å²) >= 11 is 0. The number of nitrogens with zero attached hydrogens (tertiary/aromatic N) is 3. The fourth-order valence-electron chi connectivity index (χ4n) is 6.38. The monoisotopic (exact) mass is 661 g/mol. The highest BCUT2D eigenvalue weighted by molar-refractivity contribution is 5.73. The second kappa shape index (κ2) is 14.0. The maximum Gasteiger partial charge on any atom is 0.401 e. The third-order valence-corrected chi connectivity index (χ3v) is 9.06. The van der Waals surface area contributed by atoms with Crippen LogP contribution in [0.4, 0.5) is 27.8 Å². The summed E-state index contributed by atoms with van der Waals surface area (Å²) in [5.74, 6) is -1.88. The number of anilines is 1. The summed E-state index contributed by atoms with van der Waals surface area (Å²) < 4.78 is 86.0. The van der Waals surface area contributed by atoms with Crippen LogP contribution in [-0.4, -0.2) is 79.2 Å². The Morgan fingerprint density at radius 1 is 0.979 bits per heavy atom. The molecule has 0 spiro atoms. The summed E-state index contributed by atoms with van der Waals surface area (Å²) in [5, 5.41) is 9.33. The molecule has 3 fully saturated rings. The van der Waals surface area contributed by atoms with Crippen LogP contribution in [0.5, 0.6) is 11.5 Å². The zero-order valence-corrected chi connectivity index (χ0v) is 25.6.